The van der Waals surface area contributed by atoms with Crippen molar-refractivity contribution in [2.45, 2.75) is 44.8 Å². The molecule has 21 heavy (non-hydrogen) atoms. The lowest BCUT2D eigenvalue weighted by Gasteiger charge is -2.28. The Morgan fingerprint density at radius 3 is 1.95 bits per heavy atom. The van der Waals surface area contributed by atoms with E-state index in [0.717, 1.165) is 4.90 Å². The Labute approximate surface area is 122 Å². The topological polar surface area (TPSA) is 63.7 Å². The number of nitrogens with zero attached hydrogens (tertiary/aromatic N) is 1. The van der Waals surface area contributed by atoms with Crippen LogP contribution in [0.15, 0.2) is 24.3 Å². The van der Waals surface area contributed by atoms with Crippen molar-refractivity contribution in [3.05, 3.63) is 35.4 Å². The monoisotopic (exact) mass is 287 g/mol. The summed E-state index contributed by atoms with van der Waals surface area (Å²) in [4.78, 5) is 38.4. The van der Waals surface area contributed by atoms with Gasteiger partial charge in [0.25, 0.3) is 11.8 Å². The van der Waals surface area contributed by atoms with Crippen LogP contribution in [0.4, 0.5) is 0 Å². The third kappa shape index (κ3) is 2.04. The second kappa shape index (κ2) is 4.16. The van der Waals surface area contributed by atoms with Gasteiger partial charge in [-0.2, -0.15) is 0 Å². The lowest BCUT2D eigenvalue weighted by molar-refractivity contribution is -0.161. The molecule has 2 amide bonds. The molecule has 110 valence electrons. The number of benzene rings is 1. The van der Waals surface area contributed by atoms with Crippen LogP contribution in [0.1, 0.15) is 54.3 Å². The molecule has 0 spiro atoms. The van der Waals surface area contributed by atoms with Crippen molar-refractivity contribution in [2.75, 3.05) is 0 Å². The number of esters is 1. The van der Waals surface area contributed by atoms with Crippen LogP contribution in [-0.4, -0.2) is 33.8 Å². The Morgan fingerprint density at radius 1 is 1.10 bits per heavy atom. The number of hydrogen-bond acceptors (Lipinski definition) is 4. The second-order valence-electron chi connectivity index (χ2n) is 6.52. The van der Waals surface area contributed by atoms with Gasteiger partial charge in [-0.1, -0.05) is 12.1 Å². The highest BCUT2D eigenvalue weighted by Gasteiger charge is 2.63. The van der Waals surface area contributed by atoms with E-state index in [9.17, 15) is 14.4 Å². The number of fused-ring (bicyclic) bond motifs is 1. The van der Waals surface area contributed by atoms with E-state index in [1.54, 1.807) is 45.0 Å². The van der Waals surface area contributed by atoms with Crippen molar-refractivity contribution in [3.63, 3.8) is 0 Å². The van der Waals surface area contributed by atoms with Crippen LogP contribution >= 0.6 is 0 Å². The van der Waals surface area contributed by atoms with Gasteiger partial charge in [-0.05, 0) is 45.7 Å². The first kappa shape index (κ1) is 13.8. The molecule has 1 fully saturated rings. The largest absolute Gasteiger partial charge is 0.458 e. The molecule has 5 nitrogen and oxygen atoms in total. The Hall–Kier alpha value is -2.17. The van der Waals surface area contributed by atoms with E-state index >= 15 is 0 Å². The zero-order valence-corrected chi connectivity index (χ0v) is 12.3. The summed E-state index contributed by atoms with van der Waals surface area (Å²) in [5.41, 5.74) is -1.04. The molecular formula is C16H17NO4. The number of carbonyl (C=O) groups is 3. The van der Waals surface area contributed by atoms with Crippen LogP contribution in [-0.2, 0) is 9.53 Å². The molecule has 0 N–H and O–H groups in total. The van der Waals surface area contributed by atoms with Gasteiger partial charge >= 0.3 is 5.97 Å². The Balaban J connectivity index is 1.94. The highest BCUT2D eigenvalue weighted by Crippen LogP contribution is 2.47. The molecule has 0 bridgehead atoms. The van der Waals surface area contributed by atoms with Crippen LogP contribution in [0.5, 0.6) is 0 Å². The molecule has 1 aromatic carbocycles. The molecule has 1 aliphatic carbocycles. The maximum atomic E-state index is 12.5. The molecule has 2 aliphatic rings. The minimum atomic E-state index is -1.11. The molecule has 3 rings (SSSR count). The number of amides is 2. The van der Waals surface area contributed by atoms with Crippen LogP contribution in [0.3, 0.4) is 0 Å². The molecule has 0 atom stereocenters. The van der Waals surface area contributed by atoms with E-state index in [0.29, 0.717) is 24.0 Å². The van der Waals surface area contributed by atoms with Gasteiger partial charge in [-0.25, -0.2) is 4.79 Å². The third-order valence-electron chi connectivity index (χ3n) is 3.72. The molecule has 0 unspecified atom stereocenters. The smallest absolute Gasteiger partial charge is 0.333 e. The summed E-state index contributed by atoms with van der Waals surface area (Å²) in [7, 11) is 0. The minimum Gasteiger partial charge on any atom is -0.458 e. The Morgan fingerprint density at radius 2 is 1.57 bits per heavy atom. The van der Waals surface area contributed by atoms with Crippen molar-refractivity contribution in [1.29, 1.82) is 0 Å². The number of imide groups is 1. The standard InChI is InChI=1S/C16H17NO4/c1-15(2,3)21-14(20)16(8-9-16)17-12(18)10-6-4-5-7-11(10)13(17)19/h4-7H,8-9H2,1-3H3. The highest BCUT2D eigenvalue weighted by atomic mass is 16.6. The summed E-state index contributed by atoms with van der Waals surface area (Å²) in [5, 5.41) is 0. The van der Waals surface area contributed by atoms with Crippen molar-refractivity contribution in [3.8, 4) is 0 Å². The molecule has 1 aliphatic heterocycles. The van der Waals surface area contributed by atoms with Gasteiger partial charge in [0.05, 0.1) is 11.1 Å². The molecule has 5 heteroatoms. The maximum Gasteiger partial charge on any atom is 0.333 e. The maximum absolute atomic E-state index is 12.5. The quantitative estimate of drug-likeness (QED) is 0.617. The zero-order chi connectivity index (χ0) is 15.4. The van der Waals surface area contributed by atoms with Gasteiger partial charge in [0.1, 0.15) is 11.1 Å². The number of carbonyl (C=O) groups excluding carboxylic acids is 3. The summed E-state index contributed by atoms with van der Waals surface area (Å²) < 4.78 is 5.39. The van der Waals surface area contributed by atoms with Crippen molar-refractivity contribution < 1.29 is 19.1 Å². The molecule has 1 aromatic rings. The van der Waals surface area contributed by atoms with Gasteiger partial charge in [0.2, 0.25) is 0 Å². The lowest BCUT2D eigenvalue weighted by atomic mass is 10.1. The van der Waals surface area contributed by atoms with E-state index in [2.05, 4.69) is 0 Å². The molecule has 0 aromatic heterocycles. The Kier molecular flexibility index (Phi) is 2.74. The summed E-state index contributed by atoms with van der Waals surface area (Å²) in [5.74, 6) is -1.30. The van der Waals surface area contributed by atoms with Crippen LogP contribution in [0.2, 0.25) is 0 Å². The lowest BCUT2D eigenvalue weighted by Crippen LogP contribution is -2.49. The molecule has 1 saturated carbocycles. The number of hydrogen-bond donors (Lipinski definition) is 0. The summed E-state index contributed by atoms with van der Waals surface area (Å²) in [6.07, 6.45) is 0.931. The fourth-order valence-corrected chi connectivity index (χ4v) is 2.59. The van der Waals surface area contributed by atoms with Gasteiger partial charge in [-0.3, -0.25) is 14.5 Å². The molecule has 0 radical (unpaired) electrons. The number of ether oxygens (including phenoxy) is 1. The van der Waals surface area contributed by atoms with Crippen molar-refractivity contribution in [2.24, 2.45) is 0 Å². The van der Waals surface area contributed by atoms with Gasteiger partial charge in [0.15, 0.2) is 0 Å². The van der Waals surface area contributed by atoms with Crippen molar-refractivity contribution >= 4 is 17.8 Å². The van der Waals surface area contributed by atoms with Crippen LogP contribution < -0.4 is 0 Å². The van der Waals surface area contributed by atoms with E-state index in [-0.39, 0.29) is 0 Å². The normalized spacial score (nSPS) is 19.5. The van der Waals surface area contributed by atoms with Gasteiger partial charge in [0, 0.05) is 0 Å². The summed E-state index contributed by atoms with van der Waals surface area (Å²) in [6, 6.07) is 6.64. The zero-order valence-electron chi connectivity index (χ0n) is 12.3. The predicted octanol–water partition coefficient (Wildman–Crippen LogP) is 2.16. The first-order valence-electron chi connectivity index (χ1n) is 6.98. The predicted molar refractivity (Wildman–Crippen MR) is 74.8 cm³/mol. The van der Waals surface area contributed by atoms with Crippen LogP contribution in [0, 0.1) is 0 Å². The highest BCUT2D eigenvalue weighted by molar-refractivity contribution is 6.23. The molecule has 0 saturated heterocycles. The average molecular weight is 287 g/mol. The molecule has 1 heterocycles. The van der Waals surface area contributed by atoms with Gasteiger partial charge < -0.3 is 4.74 Å². The minimum absolute atomic E-state index is 0.359. The summed E-state index contributed by atoms with van der Waals surface area (Å²) >= 11 is 0. The van der Waals surface area contributed by atoms with E-state index < -0.39 is 28.9 Å². The fourth-order valence-electron chi connectivity index (χ4n) is 2.59. The van der Waals surface area contributed by atoms with Gasteiger partial charge in [-0.15, -0.1) is 0 Å². The molecular weight excluding hydrogens is 270 g/mol. The van der Waals surface area contributed by atoms with E-state index in [1.807, 2.05) is 0 Å². The second-order valence-corrected chi connectivity index (χ2v) is 6.52. The fraction of sp³-hybridized carbons (Fsp3) is 0.438. The first-order chi connectivity index (χ1) is 9.76. The average Bonchev–Trinajstić information content (AvgIpc) is 3.14. The summed E-state index contributed by atoms with van der Waals surface area (Å²) in [6.45, 7) is 5.30. The first-order valence-corrected chi connectivity index (χ1v) is 6.98. The van der Waals surface area contributed by atoms with E-state index in [1.165, 1.54) is 0 Å². The Bertz CT molecular complexity index is 617. The van der Waals surface area contributed by atoms with Crippen molar-refractivity contribution in [1.82, 2.24) is 4.90 Å². The van der Waals surface area contributed by atoms with Crippen LogP contribution in [0.25, 0.3) is 0 Å². The number of rotatable bonds is 2. The SMILES string of the molecule is CC(C)(C)OC(=O)C1(N2C(=O)c3ccccc3C2=O)CC1. The third-order valence-corrected chi connectivity index (χ3v) is 3.72. The van der Waals surface area contributed by atoms with E-state index in [4.69, 9.17) is 4.74 Å².